The highest BCUT2D eigenvalue weighted by molar-refractivity contribution is 5.83. The van der Waals surface area contributed by atoms with Gasteiger partial charge in [0.1, 0.15) is 0 Å². The highest BCUT2D eigenvalue weighted by Gasteiger charge is 2.33. The number of rotatable bonds is 5. The van der Waals surface area contributed by atoms with Crippen LogP contribution >= 0.6 is 0 Å². The fraction of sp³-hybridized carbons (Fsp3) is 0.769. The normalized spacial score (nSPS) is 19.5. The smallest absolute Gasteiger partial charge is 0.226 e. The molecule has 6 heteroatoms. The molecule has 3 amide bonds. The lowest BCUT2D eigenvalue weighted by Crippen LogP contribution is -2.55. The van der Waals surface area contributed by atoms with Crippen LogP contribution < -0.4 is 5.32 Å². The third-order valence-electron chi connectivity index (χ3n) is 3.77. The molecule has 2 aliphatic rings. The summed E-state index contributed by atoms with van der Waals surface area (Å²) in [5, 5.41) is 2.87. The van der Waals surface area contributed by atoms with E-state index in [9.17, 15) is 14.4 Å². The maximum absolute atomic E-state index is 11.7. The maximum Gasteiger partial charge on any atom is 0.226 e. The molecule has 6 nitrogen and oxygen atoms in total. The van der Waals surface area contributed by atoms with Crippen molar-refractivity contribution in [2.45, 2.75) is 26.2 Å². The molecule has 0 saturated carbocycles. The van der Waals surface area contributed by atoms with E-state index in [-0.39, 0.29) is 23.6 Å². The first-order chi connectivity index (χ1) is 9.08. The molecule has 0 aliphatic carbocycles. The van der Waals surface area contributed by atoms with Crippen LogP contribution in [0.5, 0.6) is 0 Å². The van der Waals surface area contributed by atoms with E-state index >= 15 is 0 Å². The molecule has 106 valence electrons. The van der Waals surface area contributed by atoms with Crippen LogP contribution in [-0.4, -0.2) is 60.2 Å². The van der Waals surface area contributed by atoms with Gasteiger partial charge in [-0.05, 0) is 12.8 Å². The average Bonchev–Trinajstić information content (AvgIpc) is 2.68. The zero-order valence-electron chi connectivity index (χ0n) is 11.4. The first-order valence-electron chi connectivity index (χ1n) is 6.89. The number of nitrogens with zero attached hydrogens (tertiary/aromatic N) is 2. The van der Waals surface area contributed by atoms with Crippen molar-refractivity contribution >= 4 is 17.7 Å². The number of hydrogen-bond donors (Lipinski definition) is 1. The van der Waals surface area contributed by atoms with E-state index in [1.54, 1.807) is 4.90 Å². The second-order valence-corrected chi connectivity index (χ2v) is 5.25. The van der Waals surface area contributed by atoms with Gasteiger partial charge in [-0.25, -0.2) is 0 Å². The molecular weight excluding hydrogens is 246 g/mol. The first kappa shape index (κ1) is 13.8. The Labute approximate surface area is 113 Å². The lowest BCUT2D eigenvalue weighted by atomic mass is 9.99. The van der Waals surface area contributed by atoms with Gasteiger partial charge in [-0.1, -0.05) is 0 Å². The summed E-state index contributed by atoms with van der Waals surface area (Å²) in [5.74, 6) is 0.210. The Morgan fingerprint density at radius 2 is 2.11 bits per heavy atom. The van der Waals surface area contributed by atoms with Crippen LogP contribution in [0.4, 0.5) is 0 Å². The van der Waals surface area contributed by atoms with Gasteiger partial charge in [0.15, 0.2) is 0 Å². The molecule has 19 heavy (non-hydrogen) atoms. The predicted molar refractivity (Wildman–Crippen MR) is 69.2 cm³/mol. The molecule has 0 spiro atoms. The Balaban J connectivity index is 1.55. The summed E-state index contributed by atoms with van der Waals surface area (Å²) < 4.78 is 0. The molecule has 0 atom stereocenters. The Morgan fingerprint density at radius 3 is 2.68 bits per heavy atom. The predicted octanol–water partition coefficient (Wildman–Crippen LogP) is -0.407. The fourth-order valence-corrected chi connectivity index (χ4v) is 2.47. The van der Waals surface area contributed by atoms with Crippen LogP contribution in [0.1, 0.15) is 26.2 Å². The summed E-state index contributed by atoms with van der Waals surface area (Å²) in [6.45, 7) is 4.75. The zero-order valence-corrected chi connectivity index (χ0v) is 11.4. The first-order valence-corrected chi connectivity index (χ1v) is 6.89. The van der Waals surface area contributed by atoms with Crippen LogP contribution in [0.3, 0.4) is 0 Å². The van der Waals surface area contributed by atoms with Crippen molar-refractivity contribution in [3.8, 4) is 0 Å². The summed E-state index contributed by atoms with van der Waals surface area (Å²) in [5.41, 5.74) is 0. The van der Waals surface area contributed by atoms with Crippen molar-refractivity contribution in [1.29, 1.82) is 0 Å². The van der Waals surface area contributed by atoms with E-state index in [2.05, 4.69) is 5.32 Å². The summed E-state index contributed by atoms with van der Waals surface area (Å²) >= 11 is 0. The van der Waals surface area contributed by atoms with Gasteiger partial charge in [0.25, 0.3) is 0 Å². The van der Waals surface area contributed by atoms with Gasteiger partial charge in [-0.3, -0.25) is 14.4 Å². The number of amides is 3. The SMILES string of the molecule is CC(=O)N1CC(C(=O)NCCCN2CCCC2=O)C1. The molecule has 2 heterocycles. The minimum atomic E-state index is -0.0580. The minimum Gasteiger partial charge on any atom is -0.356 e. The molecule has 2 fully saturated rings. The zero-order chi connectivity index (χ0) is 13.8. The molecular formula is C13H21N3O3. The lowest BCUT2D eigenvalue weighted by molar-refractivity contribution is -0.141. The van der Waals surface area contributed by atoms with Crippen molar-refractivity contribution in [2.24, 2.45) is 5.92 Å². The van der Waals surface area contributed by atoms with Gasteiger partial charge in [-0.15, -0.1) is 0 Å². The van der Waals surface area contributed by atoms with Crippen molar-refractivity contribution < 1.29 is 14.4 Å². The Hall–Kier alpha value is -1.59. The van der Waals surface area contributed by atoms with E-state index in [0.717, 1.165) is 25.9 Å². The number of carbonyl (C=O) groups is 3. The van der Waals surface area contributed by atoms with Crippen molar-refractivity contribution in [2.75, 3.05) is 32.7 Å². The average molecular weight is 267 g/mol. The molecule has 0 unspecified atom stereocenters. The van der Waals surface area contributed by atoms with Gasteiger partial charge in [0, 0.05) is 46.1 Å². The molecule has 1 N–H and O–H groups in total. The number of nitrogens with one attached hydrogen (secondary N) is 1. The topological polar surface area (TPSA) is 69.7 Å². The summed E-state index contributed by atoms with van der Waals surface area (Å²) in [7, 11) is 0. The van der Waals surface area contributed by atoms with Gasteiger partial charge >= 0.3 is 0 Å². The van der Waals surface area contributed by atoms with E-state index in [4.69, 9.17) is 0 Å². The molecule has 2 saturated heterocycles. The number of carbonyl (C=O) groups excluding carboxylic acids is 3. The monoisotopic (exact) mass is 267 g/mol. The van der Waals surface area contributed by atoms with Crippen LogP contribution in [0.2, 0.25) is 0 Å². The summed E-state index contributed by atoms with van der Waals surface area (Å²) in [6.07, 6.45) is 2.41. The second-order valence-electron chi connectivity index (χ2n) is 5.25. The van der Waals surface area contributed by atoms with E-state index in [0.29, 0.717) is 26.1 Å². The molecule has 0 aromatic carbocycles. The Bertz CT molecular complexity index is 377. The molecule has 0 aromatic heterocycles. The maximum atomic E-state index is 11.7. The highest BCUT2D eigenvalue weighted by Crippen LogP contribution is 2.15. The highest BCUT2D eigenvalue weighted by atomic mass is 16.2. The van der Waals surface area contributed by atoms with Crippen LogP contribution in [0.15, 0.2) is 0 Å². The van der Waals surface area contributed by atoms with Gasteiger partial charge in [-0.2, -0.15) is 0 Å². The van der Waals surface area contributed by atoms with Crippen molar-refractivity contribution in [3.05, 3.63) is 0 Å². The Morgan fingerprint density at radius 1 is 1.37 bits per heavy atom. The van der Waals surface area contributed by atoms with E-state index < -0.39 is 0 Å². The van der Waals surface area contributed by atoms with Crippen LogP contribution in [-0.2, 0) is 14.4 Å². The minimum absolute atomic E-state index is 0.0187. The molecule has 0 radical (unpaired) electrons. The molecule has 0 aromatic rings. The van der Waals surface area contributed by atoms with Gasteiger partial charge < -0.3 is 15.1 Å². The molecule has 2 aliphatic heterocycles. The summed E-state index contributed by atoms with van der Waals surface area (Å²) in [6, 6.07) is 0. The third-order valence-corrected chi connectivity index (χ3v) is 3.77. The van der Waals surface area contributed by atoms with Crippen molar-refractivity contribution in [3.63, 3.8) is 0 Å². The standard InChI is InChI=1S/C13H21N3O3/c1-10(17)16-8-11(9-16)13(19)14-5-3-7-15-6-2-4-12(15)18/h11H,2-9H2,1H3,(H,14,19). The third kappa shape index (κ3) is 3.45. The van der Waals surface area contributed by atoms with E-state index in [1.165, 1.54) is 6.92 Å². The number of hydrogen-bond acceptors (Lipinski definition) is 3. The van der Waals surface area contributed by atoms with E-state index in [1.807, 2.05) is 4.90 Å². The Kier molecular flexibility index (Phi) is 4.39. The van der Waals surface area contributed by atoms with Gasteiger partial charge in [0.2, 0.25) is 17.7 Å². The number of likely N-dealkylation sites (tertiary alicyclic amines) is 2. The molecule has 2 rings (SSSR count). The van der Waals surface area contributed by atoms with Crippen LogP contribution in [0.25, 0.3) is 0 Å². The largest absolute Gasteiger partial charge is 0.356 e. The van der Waals surface area contributed by atoms with Crippen molar-refractivity contribution in [1.82, 2.24) is 15.1 Å². The second kappa shape index (κ2) is 6.04. The van der Waals surface area contributed by atoms with Gasteiger partial charge in [0.05, 0.1) is 5.92 Å². The van der Waals surface area contributed by atoms with Crippen LogP contribution in [0, 0.1) is 5.92 Å². The molecule has 0 bridgehead atoms. The lowest BCUT2D eigenvalue weighted by Gasteiger charge is -2.37. The fourth-order valence-electron chi connectivity index (χ4n) is 2.47. The quantitative estimate of drug-likeness (QED) is 0.689. The summed E-state index contributed by atoms with van der Waals surface area (Å²) in [4.78, 5) is 37.6.